The Morgan fingerprint density at radius 1 is 1.21 bits per heavy atom. The van der Waals surface area contributed by atoms with Gasteiger partial charge in [0.15, 0.2) is 11.6 Å². The molecule has 19 heavy (non-hydrogen) atoms. The van der Waals surface area contributed by atoms with Gasteiger partial charge in [0.1, 0.15) is 6.61 Å². The van der Waals surface area contributed by atoms with Crippen molar-refractivity contribution in [3.05, 3.63) is 42.4 Å². The van der Waals surface area contributed by atoms with Crippen molar-refractivity contribution in [3.8, 4) is 11.4 Å². The second-order valence-corrected chi connectivity index (χ2v) is 4.28. The average molecular weight is 254 g/mol. The lowest BCUT2D eigenvalue weighted by Crippen LogP contribution is -2.00. The van der Waals surface area contributed by atoms with Gasteiger partial charge in [-0.15, -0.1) is 0 Å². The van der Waals surface area contributed by atoms with E-state index in [0.717, 1.165) is 22.3 Å². The first-order valence-electron chi connectivity index (χ1n) is 6.02. The van der Waals surface area contributed by atoms with E-state index in [9.17, 15) is 0 Å². The Labute approximate surface area is 110 Å². The number of aromatic nitrogens is 4. The average Bonchev–Trinajstić information content (AvgIpc) is 2.80. The molecule has 0 spiro atoms. The minimum absolute atomic E-state index is 0.451. The monoisotopic (exact) mass is 254 g/mol. The fourth-order valence-electron chi connectivity index (χ4n) is 2.08. The number of hydrogen-bond acceptors (Lipinski definition) is 4. The van der Waals surface area contributed by atoms with Gasteiger partial charge in [-0.25, -0.2) is 4.98 Å². The van der Waals surface area contributed by atoms with Crippen LogP contribution in [-0.2, 0) is 18.4 Å². The maximum absolute atomic E-state index is 5.11. The molecule has 0 atom stereocenters. The Hall–Kier alpha value is -2.27. The molecular formula is C14H14N4O. The van der Waals surface area contributed by atoms with Gasteiger partial charge in [0.05, 0.1) is 5.52 Å². The van der Waals surface area contributed by atoms with E-state index in [4.69, 9.17) is 4.74 Å². The van der Waals surface area contributed by atoms with Crippen LogP contribution in [0.3, 0.4) is 0 Å². The fourth-order valence-corrected chi connectivity index (χ4v) is 2.08. The molecule has 1 aromatic carbocycles. The van der Waals surface area contributed by atoms with Crippen molar-refractivity contribution >= 4 is 10.9 Å². The van der Waals surface area contributed by atoms with Gasteiger partial charge < -0.3 is 4.74 Å². The Bertz CT molecular complexity index is 715. The van der Waals surface area contributed by atoms with Crippen LogP contribution in [0.15, 0.2) is 36.5 Å². The molecule has 0 unspecified atom stereocenters. The van der Waals surface area contributed by atoms with Gasteiger partial charge >= 0.3 is 0 Å². The molecule has 0 saturated carbocycles. The molecule has 3 rings (SSSR count). The number of pyridine rings is 1. The SMILES string of the molecule is COCc1nc(-c2cccc3ncccc23)nn1C. The van der Waals surface area contributed by atoms with Crippen LogP contribution in [0, 0.1) is 0 Å². The van der Waals surface area contributed by atoms with Crippen molar-refractivity contribution in [2.45, 2.75) is 6.61 Å². The molecule has 0 N–H and O–H groups in total. The number of rotatable bonds is 3. The lowest BCUT2D eigenvalue weighted by Gasteiger charge is -2.01. The van der Waals surface area contributed by atoms with Crippen LogP contribution in [0.4, 0.5) is 0 Å². The van der Waals surface area contributed by atoms with Gasteiger partial charge in [-0.05, 0) is 12.1 Å². The molecule has 0 amide bonds. The summed E-state index contributed by atoms with van der Waals surface area (Å²) in [7, 11) is 3.52. The summed E-state index contributed by atoms with van der Waals surface area (Å²) in [5, 5.41) is 5.50. The second kappa shape index (κ2) is 4.78. The molecule has 3 aromatic rings. The highest BCUT2D eigenvalue weighted by atomic mass is 16.5. The van der Waals surface area contributed by atoms with Crippen molar-refractivity contribution in [1.82, 2.24) is 19.7 Å². The zero-order valence-electron chi connectivity index (χ0n) is 10.9. The second-order valence-electron chi connectivity index (χ2n) is 4.28. The number of nitrogens with zero attached hydrogens (tertiary/aromatic N) is 4. The number of fused-ring (bicyclic) bond motifs is 1. The van der Waals surface area contributed by atoms with Crippen molar-refractivity contribution in [2.24, 2.45) is 7.05 Å². The predicted molar refractivity (Wildman–Crippen MR) is 72.5 cm³/mol. The number of benzene rings is 1. The van der Waals surface area contributed by atoms with E-state index in [1.54, 1.807) is 18.0 Å². The topological polar surface area (TPSA) is 52.8 Å². The molecule has 2 heterocycles. The Balaban J connectivity index is 2.16. The van der Waals surface area contributed by atoms with E-state index in [1.165, 1.54) is 0 Å². The third kappa shape index (κ3) is 2.08. The standard InChI is InChI=1S/C14H14N4O/c1-18-13(9-19-2)16-14(17-18)11-5-3-7-12-10(11)6-4-8-15-12/h3-8H,9H2,1-2H3. The highest BCUT2D eigenvalue weighted by molar-refractivity contribution is 5.92. The molecule has 96 valence electrons. The van der Waals surface area contributed by atoms with E-state index in [-0.39, 0.29) is 0 Å². The van der Waals surface area contributed by atoms with E-state index in [2.05, 4.69) is 15.1 Å². The van der Waals surface area contributed by atoms with Crippen LogP contribution in [-0.4, -0.2) is 26.9 Å². The zero-order chi connectivity index (χ0) is 13.2. The third-order valence-electron chi connectivity index (χ3n) is 3.01. The normalized spacial score (nSPS) is 11.1. The van der Waals surface area contributed by atoms with Crippen LogP contribution in [0.2, 0.25) is 0 Å². The van der Waals surface area contributed by atoms with Crippen molar-refractivity contribution in [1.29, 1.82) is 0 Å². The summed E-state index contributed by atoms with van der Waals surface area (Å²) in [5.41, 5.74) is 1.93. The smallest absolute Gasteiger partial charge is 0.182 e. The summed E-state index contributed by atoms with van der Waals surface area (Å²) in [6.07, 6.45) is 1.79. The molecule has 0 aliphatic carbocycles. The molecule has 0 aliphatic heterocycles. The molecule has 5 nitrogen and oxygen atoms in total. The summed E-state index contributed by atoms with van der Waals surface area (Å²) < 4.78 is 6.85. The Kier molecular flexibility index (Phi) is 2.97. The maximum atomic E-state index is 5.11. The predicted octanol–water partition coefficient (Wildman–Crippen LogP) is 2.18. The summed E-state index contributed by atoms with van der Waals surface area (Å²) in [4.78, 5) is 8.86. The van der Waals surface area contributed by atoms with Crippen LogP contribution < -0.4 is 0 Å². The zero-order valence-corrected chi connectivity index (χ0v) is 10.9. The number of aryl methyl sites for hydroxylation is 1. The molecule has 0 bridgehead atoms. The van der Waals surface area contributed by atoms with Crippen molar-refractivity contribution in [3.63, 3.8) is 0 Å². The van der Waals surface area contributed by atoms with Gasteiger partial charge in [0.25, 0.3) is 0 Å². The van der Waals surface area contributed by atoms with Gasteiger partial charge in [-0.1, -0.05) is 18.2 Å². The van der Waals surface area contributed by atoms with Crippen LogP contribution in [0.1, 0.15) is 5.82 Å². The molecule has 0 radical (unpaired) electrons. The van der Waals surface area contributed by atoms with Crippen molar-refractivity contribution in [2.75, 3.05) is 7.11 Å². The van der Waals surface area contributed by atoms with E-state index < -0.39 is 0 Å². The molecule has 2 aromatic heterocycles. The highest BCUT2D eigenvalue weighted by Gasteiger charge is 2.11. The quantitative estimate of drug-likeness (QED) is 0.719. The molecule has 5 heteroatoms. The molecule has 0 saturated heterocycles. The molecular weight excluding hydrogens is 240 g/mol. The van der Waals surface area contributed by atoms with Gasteiger partial charge in [-0.3, -0.25) is 9.67 Å². The van der Waals surface area contributed by atoms with Crippen LogP contribution in [0.5, 0.6) is 0 Å². The maximum Gasteiger partial charge on any atom is 0.182 e. The first-order chi connectivity index (χ1) is 9.29. The summed E-state index contributed by atoms with van der Waals surface area (Å²) in [6, 6.07) is 9.92. The van der Waals surface area contributed by atoms with Crippen LogP contribution in [0.25, 0.3) is 22.3 Å². The number of hydrogen-bond donors (Lipinski definition) is 0. The fraction of sp³-hybridized carbons (Fsp3) is 0.214. The summed E-state index contributed by atoms with van der Waals surface area (Å²) >= 11 is 0. The van der Waals surface area contributed by atoms with E-state index >= 15 is 0 Å². The first-order valence-corrected chi connectivity index (χ1v) is 6.02. The first kappa shape index (κ1) is 11.8. The Morgan fingerprint density at radius 3 is 2.95 bits per heavy atom. The van der Waals surface area contributed by atoms with Gasteiger partial charge in [0, 0.05) is 31.3 Å². The Morgan fingerprint density at radius 2 is 2.11 bits per heavy atom. The lowest BCUT2D eigenvalue weighted by atomic mass is 10.1. The highest BCUT2D eigenvalue weighted by Crippen LogP contribution is 2.25. The molecule has 0 fully saturated rings. The lowest BCUT2D eigenvalue weighted by molar-refractivity contribution is 0.174. The third-order valence-corrected chi connectivity index (χ3v) is 3.01. The summed E-state index contributed by atoms with van der Waals surface area (Å²) in [5.74, 6) is 1.51. The minimum Gasteiger partial charge on any atom is -0.377 e. The van der Waals surface area contributed by atoms with Crippen molar-refractivity contribution < 1.29 is 4.74 Å². The van der Waals surface area contributed by atoms with Gasteiger partial charge in [0.2, 0.25) is 0 Å². The van der Waals surface area contributed by atoms with E-state index in [0.29, 0.717) is 12.4 Å². The summed E-state index contributed by atoms with van der Waals surface area (Å²) in [6.45, 7) is 0.451. The molecule has 0 aliphatic rings. The van der Waals surface area contributed by atoms with E-state index in [1.807, 2.05) is 37.4 Å². The minimum atomic E-state index is 0.451. The van der Waals surface area contributed by atoms with Crippen LogP contribution >= 0.6 is 0 Å². The van der Waals surface area contributed by atoms with Gasteiger partial charge in [-0.2, -0.15) is 5.10 Å². The number of ether oxygens (including phenoxy) is 1. The number of methoxy groups -OCH3 is 1. The largest absolute Gasteiger partial charge is 0.377 e.